The Balaban J connectivity index is 3.13. The minimum Gasteiger partial charge on any atom is -0.465 e. The Morgan fingerprint density at radius 1 is 1.44 bits per heavy atom. The van der Waals surface area contributed by atoms with Gasteiger partial charge < -0.3 is 4.74 Å². The Morgan fingerprint density at radius 3 is 2.56 bits per heavy atom. The quantitative estimate of drug-likeness (QED) is 0.735. The van der Waals surface area contributed by atoms with Gasteiger partial charge in [-0.25, -0.2) is 4.79 Å². The summed E-state index contributed by atoms with van der Waals surface area (Å²) in [4.78, 5) is 14.9. The second-order valence-electron chi connectivity index (χ2n) is 3.23. The number of hydrogen-bond donors (Lipinski definition) is 0. The molecule has 1 aromatic rings. The van der Waals surface area contributed by atoms with Gasteiger partial charge in [-0.05, 0) is 19.1 Å². The van der Waals surface area contributed by atoms with Crippen LogP contribution in [0.1, 0.15) is 21.7 Å². The zero-order valence-corrected chi connectivity index (χ0v) is 8.76. The van der Waals surface area contributed by atoms with Crippen molar-refractivity contribution in [2.75, 3.05) is 7.11 Å². The van der Waals surface area contributed by atoms with Crippen molar-refractivity contribution in [3.8, 4) is 0 Å². The van der Waals surface area contributed by atoms with Crippen LogP contribution in [-0.2, 0) is 11.2 Å². The van der Waals surface area contributed by atoms with E-state index < -0.39 is 18.6 Å². The van der Waals surface area contributed by atoms with Gasteiger partial charge in [0, 0.05) is 5.69 Å². The van der Waals surface area contributed by atoms with Gasteiger partial charge >= 0.3 is 12.1 Å². The fraction of sp³-hybridized carbons (Fsp3) is 0.400. The lowest BCUT2D eigenvalue weighted by atomic mass is 10.1. The molecule has 0 atom stereocenters. The average Bonchev–Trinajstić information content (AvgIpc) is 2.14. The molecule has 16 heavy (non-hydrogen) atoms. The minimum atomic E-state index is -4.40. The van der Waals surface area contributed by atoms with Crippen molar-refractivity contribution < 1.29 is 22.7 Å². The zero-order valence-electron chi connectivity index (χ0n) is 8.76. The molecule has 0 aliphatic rings. The summed E-state index contributed by atoms with van der Waals surface area (Å²) in [5, 5.41) is 0. The molecule has 0 aromatic carbocycles. The number of nitrogens with zero attached hydrogens (tertiary/aromatic N) is 1. The third-order valence-corrected chi connectivity index (χ3v) is 1.89. The van der Waals surface area contributed by atoms with E-state index in [4.69, 9.17) is 0 Å². The molecule has 0 radical (unpaired) electrons. The predicted molar refractivity (Wildman–Crippen MR) is 50.1 cm³/mol. The Hall–Kier alpha value is -1.59. The predicted octanol–water partition coefficient (Wildman–Crippen LogP) is 2.28. The molecule has 1 rings (SSSR count). The second-order valence-corrected chi connectivity index (χ2v) is 3.23. The van der Waals surface area contributed by atoms with Gasteiger partial charge in [0.15, 0.2) is 0 Å². The molecule has 0 aliphatic heterocycles. The molecule has 0 amide bonds. The Morgan fingerprint density at radius 2 is 2.06 bits per heavy atom. The molecule has 0 saturated heterocycles. The number of esters is 1. The third-order valence-electron chi connectivity index (χ3n) is 1.89. The smallest absolute Gasteiger partial charge is 0.394 e. The van der Waals surface area contributed by atoms with Crippen LogP contribution in [0, 0.1) is 6.92 Å². The van der Waals surface area contributed by atoms with E-state index in [0.717, 1.165) is 7.11 Å². The maximum absolute atomic E-state index is 12.2. The highest BCUT2D eigenvalue weighted by molar-refractivity contribution is 5.90. The van der Waals surface area contributed by atoms with Gasteiger partial charge in [-0.1, -0.05) is 0 Å². The number of alkyl halides is 3. The van der Waals surface area contributed by atoms with E-state index in [2.05, 4.69) is 9.72 Å². The monoisotopic (exact) mass is 233 g/mol. The molecule has 0 spiro atoms. The summed E-state index contributed by atoms with van der Waals surface area (Å²) in [5.41, 5.74) is -0.0309. The van der Waals surface area contributed by atoms with Gasteiger partial charge in [-0.15, -0.1) is 0 Å². The van der Waals surface area contributed by atoms with E-state index >= 15 is 0 Å². The summed E-state index contributed by atoms with van der Waals surface area (Å²) >= 11 is 0. The lowest BCUT2D eigenvalue weighted by Crippen LogP contribution is -2.17. The zero-order chi connectivity index (χ0) is 12.3. The number of aryl methyl sites for hydroxylation is 1. The lowest BCUT2D eigenvalue weighted by Gasteiger charge is -2.10. The summed E-state index contributed by atoms with van der Waals surface area (Å²) in [5.74, 6) is -0.813. The molecule has 0 aliphatic carbocycles. The van der Waals surface area contributed by atoms with Gasteiger partial charge in [0.2, 0.25) is 0 Å². The van der Waals surface area contributed by atoms with E-state index in [0.29, 0.717) is 5.69 Å². The maximum atomic E-state index is 12.2. The summed E-state index contributed by atoms with van der Waals surface area (Å²) in [6.45, 7) is 1.56. The topological polar surface area (TPSA) is 39.2 Å². The van der Waals surface area contributed by atoms with E-state index in [-0.39, 0.29) is 11.3 Å². The molecule has 3 nitrogen and oxygen atoms in total. The highest BCUT2D eigenvalue weighted by Crippen LogP contribution is 2.22. The number of methoxy groups -OCH3 is 1. The Bertz CT molecular complexity index is 402. The standard InChI is InChI=1S/C10H10F3NO2/c1-6-3-4-7(9(15)16-2)8(14-6)5-10(11,12)13/h3-4H,5H2,1-2H3. The molecule has 0 unspecified atom stereocenters. The van der Waals surface area contributed by atoms with Crippen LogP contribution in [0.5, 0.6) is 0 Å². The van der Waals surface area contributed by atoms with Crippen molar-refractivity contribution in [3.63, 3.8) is 0 Å². The number of rotatable bonds is 2. The number of hydrogen-bond acceptors (Lipinski definition) is 3. The first-order chi connectivity index (χ1) is 7.33. The third kappa shape index (κ3) is 3.22. The molecule has 88 valence electrons. The van der Waals surface area contributed by atoms with Crippen LogP contribution < -0.4 is 0 Å². The first kappa shape index (κ1) is 12.5. The molecule has 1 heterocycles. The lowest BCUT2D eigenvalue weighted by molar-refractivity contribution is -0.127. The summed E-state index contributed by atoms with van der Waals surface area (Å²) < 4.78 is 41.1. The van der Waals surface area contributed by atoms with E-state index in [1.165, 1.54) is 12.1 Å². The van der Waals surface area contributed by atoms with Crippen LogP contribution in [0.2, 0.25) is 0 Å². The largest absolute Gasteiger partial charge is 0.465 e. The van der Waals surface area contributed by atoms with Gasteiger partial charge in [-0.3, -0.25) is 4.98 Å². The van der Waals surface area contributed by atoms with Crippen molar-refractivity contribution in [1.82, 2.24) is 4.98 Å². The van der Waals surface area contributed by atoms with E-state index in [1.54, 1.807) is 6.92 Å². The number of ether oxygens (including phenoxy) is 1. The number of aromatic nitrogens is 1. The highest BCUT2D eigenvalue weighted by atomic mass is 19.4. The van der Waals surface area contributed by atoms with Crippen LogP contribution in [-0.4, -0.2) is 24.2 Å². The van der Waals surface area contributed by atoms with Crippen LogP contribution in [0.4, 0.5) is 13.2 Å². The van der Waals surface area contributed by atoms with Crippen LogP contribution in [0.15, 0.2) is 12.1 Å². The van der Waals surface area contributed by atoms with Gasteiger partial charge in [-0.2, -0.15) is 13.2 Å². The molecule has 1 aromatic heterocycles. The van der Waals surface area contributed by atoms with Crippen molar-refractivity contribution >= 4 is 5.97 Å². The number of carbonyl (C=O) groups excluding carboxylic acids is 1. The highest BCUT2D eigenvalue weighted by Gasteiger charge is 2.31. The Labute approximate surface area is 90.2 Å². The maximum Gasteiger partial charge on any atom is 0.394 e. The second kappa shape index (κ2) is 4.51. The fourth-order valence-electron chi connectivity index (χ4n) is 1.23. The SMILES string of the molecule is COC(=O)c1ccc(C)nc1CC(F)(F)F. The van der Waals surface area contributed by atoms with E-state index in [9.17, 15) is 18.0 Å². The summed E-state index contributed by atoms with van der Waals surface area (Å²) in [6.07, 6.45) is -5.64. The van der Waals surface area contributed by atoms with Crippen LogP contribution in [0.3, 0.4) is 0 Å². The number of pyridine rings is 1. The Kier molecular flexibility index (Phi) is 3.51. The fourth-order valence-corrected chi connectivity index (χ4v) is 1.23. The van der Waals surface area contributed by atoms with Crippen molar-refractivity contribution in [2.45, 2.75) is 19.5 Å². The molecule has 0 saturated carbocycles. The van der Waals surface area contributed by atoms with Gasteiger partial charge in [0.05, 0.1) is 24.8 Å². The van der Waals surface area contributed by atoms with Crippen molar-refractivity contribution in [2.24, 2.45) is 0 Å². The molecular weight excluding hydrogens is 223 g/mol. The minimum absolute atomic E-state index is 0.148. The first-order valence-corrected chi connectivity index (χ1v) is 4.45. The van der Waals surface area contributed by atoms with Crippen molar-refractivity contribution in [3.05, 3.63) is 29.1 Å². The molecule has 6 heteroatoms. The van der Waals surface area contributed by atoms with Crippen LogP contribution in [0.25, 0.3) is 0 Å². The normalized spacial score (nSPS) is 11.3. The molecule has 0 fully saturated rings. The summed E-state index contributed by atoms with van der Waals surface area (Å²) in [6, 6.07) is 2.75. The summed E-state index contributed by atoms with van der Waals surface area (Å²) in [7, 11) is 1.11. The van der Waals surface area contributed by atoms with Gasteiger partial charge in [0.1, 0.15) is 0 Å². The number of halogens is 3. The van der Waals surface area contributed by atoms with Gasteiger partial charge in [0.25, 0.3) is 0 Å². The van der Waals surface area contributed by atoms with Crippen molar-refractivity contribution in [1.29, 1.82) is 0 Å². The number of carbonyl (C=O) groups is 1. The molecular formula is C10H10F3NO2. The van der Waals surface area contributed by atoms with Crippen LogP contribution >= 0.6 is 0 Å². The molecule has 0 bridgehead atoms. The first-order valence-electron chi connectivity index (χ1n) is 4.45. The van der Waals surface area contributed by atoms with E-state index in [1.807, 2.05) is 0 Å². The molecule has 0 N–H and O–H groups in total. The average molecular weight is 233 g/mol.